The molecule has 0 bridgehead atoms. The SMILES string of the molecule is [O-]/[N+](=N\c1nc(-c2ccccc2)ns1)c1nc(-c2ccccc2)ns1. The van der Waals surface area contributed by atoms with Crippen LogP contribution in [0.25, 0.3) is 22.8 Å². The first-order chi connectivity index (χ1) is 12.3. The van der Waals surface area contributed by atoms with Gasteiger partial charge in [-0.3, -0.25) is 0 Å². The van der Waals surface area contributed by atoms with E-state index in [2.05, 4.69) is 23.8 Å². The van der Waals surface area contributed by atoms with Crippen molar-refractivity contribution in [1.29, 1.82) is 0 Å². The lowest BCUT2D eigenvalue weighted by Gasteiger charge is -1.96. The number of benzene rings is 2. The van der Waals surface area contributed by atoms with Crippen molar-refractivity contribution in [2.45, 2.75) is 0 Å². The van der Waals surface area contributed by atoms with Crippen LogP contribution in [0.15, 0.2) is 65.8 Å². The molecule has 0 aliphatic rings. The zero-order chi connectivity index (χ0) is 17.1. The maximum atomic E-state index is 12.2. The van der Waals surface area contributed by atoms with Crippen LogP contribution >= 0.6 is 23.1 Å². The van der Waals surface area contributed by atoms with Crippen molar-refractivity contribution in [3.05, 3.63) is 65.9 Å². The van der Waals surface area contributed by atoms with Gasteiger partial charge in [0.1, 0.15) is 0 Å². The third-order valence-electron chi connectivity index (χ3n) is 3.23. The van der Waals surface area contributed by atoms with Crippen LogP contribution in [0.4, 0.5) is 10.3 Å². The molecule has 0 radical (unpaired) electrons. The summed E-state index contributed by atoms with van der Waals surface area (Å²) >= 11 is 2.05. The highest BCUT2D eigenvalue weighted by Gasteiger charge is 2.17. The molecule has 0 saturated heterocycles. The van der Waals surface area contributed by atoms with E-state index in [1.165, 1.54) is 0 Å². The van der Waals surface area contributed by atoms with Gasteiger partial charge in [0.05, 0.1) is 11.5 Å². The van der Waals surface area contributed by atoms with Gasteiger partial charge < -0.3 is 5.21 Å². The van der Waals surface area contributed by atoms with E-state index in [-0.39, 0.29) is 10.3 Å². The van der Waals surface area contributed by atoms with Crippen LogP contribution in [-0.2, 0) is 0 Å². The van der Waals surface area contributed by atoms with Crippen molar-refractivity contribution in [1.82, 2.24) is 18.7 Å². The van der Waals surface area contributed by atoms with E-state index in [4.69, 9.17) is 0 Å². The van der Waals surface area contributed by atoms with Crippen LogP contribution in [0.5, 0.6) is 0 Å². The van der Waals surface area contributed by atoms with Crippen LogP contribution < -0.4 is 0 Å². The summed E-state index contributed by atoms with van der Waals surface area (Å²) < 4.78 is 8.42. The van der Waals surface area contributed by atoms with Gasteiger partial charge in [-0.2, -0.15) is 9.36 Å². The van der Waals surface area contributed by atoms with E-state index in [1.807, 2.05) is 60.7 Å². The average molecular weight is 366 g/mol. The van der Waals surface area contributed by atoms with Gasteiger partial charge >= 0.3 is 5.13 Å². The van der Waals surface area contributed by atoms with Crippen LogP contribution in [0, 0.1) is 5.21 Å². The Hall–Kier alpha value is -3.04. The molecule has 2 aromatic heterocycles. The summed E-state index contributed by atoms with van der Waals surface area (Å²) in [5.74, 6) is 1.04. The van der Waals surface area contributed by atoms with E-state index in [0.29, 0.717) is 16.5 Å². The maximum absolute atomic E-state index is 12.2. The summed E-state index contributed by atoms with van der Waals surface area (Å²) in [5.41, 5.74) is 1.72. The highest BCUT2D eigenvalue weighted by atomic mass is 32.1. The quantitative estimate of drug-likeness (QED) is 0.298. The fourth-order valence-corrected chi connectivity index (χ4v) is 3.18. The molecule has 0 amide bonds. The molecule has 25 heavy (non-hydrogen) atoms. The zero-order valence-corrected chi connectivity index (χ0v) is 14.3. The number of hydrogen-bond acceptors (Lipinski definition) is 8. The molecular weight excluding hydrogens is 356 g/mol. The summed E-state index contributed by atoms with van der Waals surface area (Å²) in [4.78, 5) is 8.92. The monoisotopic (exact) mass is 366 g/mol. The second kappa shape index (κ2) is 6.83. The summed E-state index contributed by atoms with van der Waals surface area (Å²) in [5, 5.41) is 16.5. The van der Waals surface area contributed by atoms with E-state index in [9.17, 15) is 5.21 Å². The first-order valence-electron chi connectivity index (χ1n) is 7.27. The molecule has 9 heteroatoms. The molecule has 0 N–H and O–H groups in total. The fraction of sp³-hybridized carbons (Fsp3) is 0. The van der Waals surface area contributed by atoms with Crippen LogP contribution in [-0.4, -0.2) is 23.6 Å². The molecule has 0 aliphatic heterocycles. The van der Waals surface area contributed by atoms with Gasteiger partial charge in [-0.25, -0.2) is 0 Å². The summed E-state index contributed by atoms with van der Waals surface area (Å²) in [6, 6.07) is 19.0. The highest BCUT2D eigenvalue weighted by molar-refractivity contribution is 7.09. The summed E-state index contributed by atoms with van der Waals surface area (Å²) in [6.45, 7) is 0. The minimum atomic E-state index is 0.148. The van der Waals surface area contributed by atoms with Gasteiger partial charge in [0.2, 0.25) is 0 Å². The Bertz CT molecular complexity index is 1010. The second-order valence-electron chi connectivity index (χ2n) is 4.91. The summed E-state index contributed by atoms with van der Waals surface area (Å²) in [7, 11) is 0. The minimum absolute atomic E-state index is 0.148. The van der Waals surface area contributed by atoms with Crippen molar-refractivity contribution in [3.63, 3.8) is 0 Å². The molecule has 0 atom stereocenters. The molecule has 2 aromatic carbocycles. The van der Waals surface area contributed by atoms with Crippen molar-refractivity contribution in [2.75, 3.05) is 0 Å². The fourth-order valence-electron chi connectivity index (χ4n) is 2.08. The standard InChI is InChI=1S/C16H10N6OS2/c23-22(16-18-14(21-25-16)12-9-5-2-6-10-12)19-15-17-13(20-24-15)11-7-3-1-4-8-11/h1-10H/b22-19-. The van der Waals surface area contributed by atoms with Crippen LogP contribution in [0.1, 0.15) is 0 Å². The van der Waals surface area contributed by atoms with Gasteiger partial charge in [0.25, 0.3) is 11.0 Å². The Balaban J connectivity index is 1.58. The molecule has 4 aromatic rings. The molecule has 0 saturated carbocycles. The number of nitrogens with zero attached hydrogens (tertiary/aromatic N) is 6. The molecular formula is C16H10N6OS2. The summed E-state index contributed by atoms with van der Waals surface area (Å²) in [6.07, 6.45) is 0. The van der Waals surface area contributed by atoms with Crippen molar-refractivity contribution in [2.24, 2.45) is 5.11 Å². The molecule has 122 valence electrons. The lowest BCUT2D eigenvalue weighted by molar-refractivity contribution is -0.435. The van der Waals surface area contributed by atoms with E-state index >= 15 is 0 Å². The van der Waals surface area contributed by atoms with Crippen molar-refractivity contribution < 1.29 is 4.86 Å². The highest BCUT2D eigenvalue weighted by Crippen LogP contribution is 2.26. The molecule has 2 heterocycles. The maximum Gasteiger partial charge on any atom is 0.427 e. The zero-order valence-electron chi connectivity index (χ0n) is 12.7. The number of aromatic nitrogens is 4. The van der Waals surface area contributed by atoms with E-state index in [1.54, 1.807) is 0 Å². The molecule has 0 aliphatic carbocycles. The first kappa shape index (κ1) is 15.5. The third-order valence-corrected chi connectivity index (χ3v) is 4.51. The average Bonchev–Trinajstić information content (AvgIpc) is 3.33. The van der Waals surface area contributed by atoms with E-state index < -0.39 is 0 Å². The largest absolute Gasteiger partial charge is 0.690 e. The Morgan fingerprint density at radius 3 is 1.96 bits per heavy atom. The number of rotatable bonds is 4. The molecule has 4 rings (SSSR count). The van der Waals surface area contributed by atoms with Crippen molar-refractivity contribution in [3.8, 4) is 22.8 Å². The van der Waals surface area contributed by atoms with Gasteiger partial charge in [-0.1, -0.05) is 48.5 Å². The number of azo groups is 1. The predicted octanol–water partition coefficient (Wildman–Crippen LogP) is 4.65. The Morgan fingerprint density at radius 1 is 0.760 bits per heavy atom. The Morgan fingerprint density at radius 2 is 1.32 bits per heavy atom. The smallest absolute Gasteiger partial charge is 0.427 e. The molecule has 0 unspecified atom stereocenters. The molecule has 7 nitrogen and oxygen atoms in total. The van der Waals surface area contributed by atoms with Gasteiger partial charge in [-0.05, 0) is 22.2 Å². The lowest BCUT2D eigenvalue weighted by atomic mass is 10.2. The van der Waals surface area contributed by atoms with Gasteiger partial charge in [-0.15, -0.1) is 9.23 Å². The van der Waals surface area contributed by atoms with E-state index in [0.717, 1.165) is 34.2 Å². The topological polar surface area (TPSA) is 90.0 Å². The van der Waals surface area contributed by atoms with Gasteiger partial charge in [0, 0.05) is 22.7 Å². The van der Waals surface area contributed by atoms with Crippen molar-refractivity contribution >= 4 is 33.3 Å². The Kier molecular flexibility index (Phi) is 4.23. The predicted molar refractivity (Wildman–Crippen MR) is 96.1 cm³/mol. The lowest BCUT2D eigenvalue weighted by Crippen LogP contribution is -1.89. The third kappa shape index (κ3) is 3.42. The van der Waals surface area contributed by atoms with Gasteiger partial charge in [0.15, 0.2) is 5.82 Å². The minimum Gasteiger partial charge on any atom is -0.690 e. The molecule has 0 spiro atoms. The van der Waals surface area contributed by atoms with Crippen LogP contribution in [0.3, 0.4) is 0 Å². The van der Waals surface area contributed by atoms with Crippen LogP contribution in [0.2, 0.25) is 0 Å². The second-order valence-corrected chi connectivity index (χ2v) is 6.37. The first-order valence-corrected chi connectivity index (χ1v) is 8.81. The Labute approximate surface area is 150 Å². The normalized spacial score (nSPS) is 11.6. The molecule has 0 fully saturated rings. The number of hydrogen-bond donors (Lipinski definition) is 0.